The van der Waals surface area contributed by atoms with E-state index in [1.54, 1.807) is 0 Å². The average Bonchev–Trinajstić information content (AvgIpc) is 2.46. The first-order chi connectivity index (χ1) is 10.1. The maximum absolute atomic E-state index is 12.3. The smallest absolute Gasteiger partial charge is 0.338 e. The summed E-state index contributed by atoms with van der Waals surface area (Å²) < 4.78 is 5.63. The number of ether oxygens (including phenoxy) is 1. The fourth-order valence-electron chi connectivity index (χ4n) is 2.61. The van der Waals surface area contributed by atoms with Crippen LogP contribution in [0.4, 0.5) is 0 Å². The molecular weight excluding hydrogens is 309 g/mol. The number of pyridine rings is 1. The minimum absolute atomic E-state index is 0.179. The molecule has 0 aliphatic heterocycles. The third-order valence-electron chi connectivity index (χ3n) is 3.56. The van der Waals surface area contributed by atoms with Crippen molar-refractivity contribution >= 4 is 29.2 Å². The molecular formula is C16H13Cl2NO2. The summed E-state index contributed by atoms with van der Waals surface area (Å²) >= 11 is 11.6. The molecule has 0 spiro atoms. The van der Waals surface area contributed by atoms with Crippen molar-refractivity contribution < 1.29 is 9.53 Å². The maximum Gasteiger partial charge on any atom is 0.338 e. The van der Waals surface area contributed by atoms with Crippen molar-refractivity contribution in [2.75, 3.05) is 0 Å². The van der Waals surface area contributed by atoms with E-state index in [-0.39, 0.29) is 16.4 Å². The molecule has 0 amide bonds. The van der Waals surface area contributed by atoms with Crippen molar-refractivity contribution in [3.05, 3.63) is 63.4 Å². The molecule has 3 rings (SSSR count). The first-order valence-corrected chi connectivity index (χ1v) is 7.51. The summed E-state index contributed by atoms with van der Waals surface area (Å²) in [4.78, 5) is 16.1. The van der Waals surface area contributed by atoms with E-state index in [2.05, 4.69) is 11.1 Å². The first kappa shape index (κ1) is 14.4. The number of aryl methyl sites for hydroxylation is 1. The third-order valence-corrected chi connectivity index (χ3v) is 3.95. The fraction of sp³-hybridized carbons (Fsp3) is 0.250. The largest absolute Gasteiger partial charge is 0.454 e. The predicted molar refractivity (Wildman–Crippen MR) is 81.8 cm³/mol. The molecule has 1 unspecified atom stereocenters. The minimum atomic E-state index is -0.428. The number of fused-ring (bicyclic) bond motifs is 1. The number of hydrogen-bond donors (Lipinski definition) is 0. The summed E-state index contributed by atoms with van der Waals surface area (Å²) in [5.41, 5.74) is 2.65. The molecule has 0 N–H and O–H groups in total. The number of aromatic nitrogens is 1. The molecule has 1 aromatic carbocycles. The second-order valence-electron chi connectivity index (χ2n) is 4.99. The number of halogens is 2. The lowest BCUT2D eigenvalue weighted by Crippen LogP contribution is -2.17. The highest BCUT2D eigenvalue weighted by atomic mass is 35.5. The zero-order chi connectivity index (χ0) is 14.8. The van der Waals surface area contributed by atoms with Crippen LogP contribution in [0.3, 0.4) is 0 Å². The minimum Gasteiger partial charge on any atom is -0.454 e. The second kappa shape index (κ2) is 6.04. The van der Waals surface area contributed by atoms with Gasteiger partial charge in [-0.15, -0.1) is 0 Å². The van der Waals surface area contributed by atoms with Gasteiger partial charge >= 0.3 is 5.97 Å². The van der Waals surface area contributed by atoms with Gasteiger partial charge in [0.1, 0.15) is 16.4 Å². The van der Waals surface area contributed by atoms with Crippen LogP contribution in [0.5, 0.6) is 0 Å². The summed E-state index contributed by atoms with van der Waals surface area (Å²) in [6.45, 7) is 0. The van der Waals surface area contributed by atoms with Crippen LogP contribution in [0, 0.1) is 0 Å². The Labute approximate surface area is 132 Å². The Morgan fingerprint density at radius 1 is 1.19 bits per heavy atom. The number of hydrogen-bond acceptors (Lipinski definition) is 3. The quantitative estimate of drug-likeness (QED) is 0.598. The van der Waals surface area contributed by atoms with E-state index in [9.17, 15) is 4.79 Å². The number of carbonyl (C=O) groups is 1. The molecule has 1 atom stereocenters. The zero-order valence-electron chi connectivity index (χ0n) is 11.2. The molecule has 1 aromatic heterocycles. The average molecular weight is 322 g/mol. The van der Waals surface area contributed by atoms with E-state index >= 15 is 0 Å². The standard InChI is InChI=1S/C16H13Cl2NO2/c17-14-8-11(9-15(18)19-14)16(20)21-13-7-3-5-10-4-1-2-6-12(10)13/h1-2,4,6,8-9,13H,3,5,7H2. The number of carbonyl (C=O) groups excluding carboxylic acids is 1. The SMILES string of the molecule is O=C(OC1CCCc2ccccc21)c1cc(Cl)nc(Cl)c1. The van der Waals surface area contributed by atoms with Crippen molar-refractivity contribution in [2.24, 2.45) is 0 Å². The van der Waals surface area contributed by atoms with Crippen molar-refractivity contribution in [1.29, 1.82) is 0 Å². The summed E-state index contributed by atoms with van der Waals surface area (Å²) in [6, 6.07) is 11.0. The fourth-order valence-corrected chi connectivity index (χ4v) is 3.07. The van der Waals surface area contributed by atoms with Gasteiger partial charge in [-0.05, 0) is 42.5 Å². The van der Waals surface area contributed by atoms with Gasteiger partial charge in [0.2, 0.25) is 0 Å². The van der Waals surface area contributed by atoms with Crippen LogP contribution in [0.1, 0.15) is 40.4 Å². The van der Waals surface area contributed by atoms with Gasteiger partial charge in [0, 0.05) is 0 Å². The summed E-state index contributed by atoms with van der Waals surface area (Å²) in [5, 5.41) is 0.358. The maximum atomic E-state index is 12.3. The summed E-state index contributed by atoms with van der Waals surface area (Å²) in [7, 11) is 0. The van der Waals surface area contributed by atoms with Crippen LogP contribution in [0.15, 0.2) is 36.4 Å². The highest BCUT2D eigenvalue weighted by Gasteiger charge is 2.24. The highest BCUT2D eigenvalue weighted by Crippen LogP contribution is 2.33. The monoisotopic (exact) mass is 321 g/mol. The Bertz CT molecular complexity index is 667. The molecule has 1 aliphatic carbocycles. The number of esters is 1. The molecule has 108 valence electrons. The Hall–Kier alpha value is -1.58. The molecule has 3 nitrogen and oxygen atoms in total. The zero-order valence-corrected chi connectivity index (χ0v) is 12.7. The Balaban J connectivity index is 1.82. The third kappa shape index (κ3) is 3.20. The van der Waals surface area contributed by atoms with Crippen molar-refractivity contribution in [1.82, 2.24) is 4.98 Å². The van der Waals surface area contributed by atoms with Crippen LogP contribution in [0.2, 0.25) is 10.3 Å². The van der Waals surface area contributed by atoms with E-state index in [0.29, 0.717) is 5.56 Å². The van der Waals surface area contributed by atoms with Crippen LogP contribution in [-0.4, -0.2) is 11.0 Å². The normalized spacial score (nSPS) is 17.1. The molecule has 2 aromatic rings. The van der Waals surface area contributed by atoms with Gasteiger partial charge in [0.25, 0.3) is 0 Å². The lowest BCUT2D eigenvalue weighted by Gasteiger charge is -2.25. The van der Waals surface area contributed by atoms with E-state index < -0.39 is 5.97 Å². The second-order valence-corrected chi connectivity index (χ2v) is 5.76. The molecule has 0 bridgehead atoms. The summed E-state index contributed by atoms with van der Waals surface area (Å²) in [6.07, 6.45) is 2.65. The lowest BCUT2D eigenvalue weighted by atomic mass is 9.89. The lowest BCUT2D eigenvalue weighted by molar-refractivity contribution is 0.0256. The first-order valence-electron chi connectivity index (χ1n) is 6.75. The van der Waals surface area contributed by atoms with Gasteiger partial charge in [-0.2, -0.15) is 0 Å². The number of nitrogens with zero attached hydrogens (tertiary/aromatic N) is 1. The molecule has 0 saturated carbocycles. The van der Waals surface area contributed by atoms with Crippen LogP contribution in [-0.2, 0) is 11.2 Å². The molecule has 0 saturated heterocycles. The van der Waals surface area contributed by atoms with Gasteiger partial charge in [-0.3, -0.25) is 0 Å². The van der Waals surface area contributed by atoms with Crippen LogP contribution >= 0.6 is 23.2 Å². The summed E-state index contributed by atoms with van der Waals surface area (Å²) in [5.74, 6) is -0.428. The molecule has 5 heteroatoms. The Morgan fingerprint density at radius 2 is 1.90 bits per heavy atom. The van der Waals surface area contributed by atoms with Gasteiger partial charge in [-0.25, -0.2) is 9.78 Å². The van der Waals surface area contributed by atoms with Gasteiger partial charge in [-0.1, -0.05) is 47.5 Å². The predicted octanol–water partition coefficient (Wildman–Crippen LogP) is 4.62. The van der Waals surface area contributed by atoms with Crippen molar-refractivity contribution in [2.45, 2.75) is 25.4 Å². The highest BCUT2D eigenvalue weighted by molar-refractivity contribution is 6.32. The van der Waals surface area contributed by atoms with Gasteiger partial charge in [0.05, 0.1) is 5.56 Å². The molecule has 0 radical (unpaired) electrons. The van der Waals surface area contributed by atoms with E-state index in [4.69, 9.17) is 27.9 Å². The van der Waals surface area contributed by atoms with E-state index in [0.717, 1.165) is 24.8 Å². The number of benzene rings is 1. The van der Waals surface area contributed by atoms with E-state index in [1.807, 2.05) is 18.2 Å². The molecule has 21 heavy (non-hydrogen) atoms. The van der Waals surface area contributed by atoms with Gasteiger partial charge < -0.3 is 4.74 Å². The Kier molecular flexibility index (Phi) is 4.13. The van der Waals surface area contributed by atoms with E-state index in [1.165, 1.54) is 17.7 Å². The van der Waals surface area contributed by atoms with Gasteiger partial charge in [0.15, 0.2) is 0 Å². The van der Waals surface area contributed by atoms with Crippen molar-refractivity contribution in [3.8, 4) is 0 Å². The van der Waals surface area contributed by atoms with Crippen LogP contribution in [0.25, 0.3) is 0 Å². The number of rotatable bonds is 2. The van der Waals surface area contributed by atoms with Crippen molar-refractivity contribution in [3.63, 3.8) is 0 Å². The topological polar surface area (TPSA) is 39.2 Å². The molecule has 1 aliphatic rings. The molecule has 1 heterocycles. The molecule has 0 fully saturated rings. The van der Waals surface area contributed by atoms with Crippen LogP contribution < -0.4 is 0 Å². The Morgan fingerprint density at radius 3 is 2.67 bits per heavy atom.